The molecule has 0 aliphatic carbocycles. The molecule has 0 bridgehead atoms. The van der Waals surface area contributed by atoms with Crippen LogP contribution in [0.4, 0.5) is 0 Å². The maximum atomic E-state index is 12.2. The molecule has 1 fully saturated rings. The third kappa shape index (κ3) is 5.82. The molecular weight excluding hydrogens is 318 g/mol. The van der Waals surface area contributed by atoms with Crippen molar-refractivity contribution < 1.29 is 14.3 Å². The van der Waals surface area contributed by atoms with E-state index in [4.69, 9.17) is 10.5 Å². The van der Waals surface area contributed by atoms with Gasteiger partial charge in [-0.2, -0.15) is 0 Å². The molecule has 6 nitrogen and oxygen atoms in total. The van der Waals surface area contributed by atoms with E-state index < -0.39 is 12.1 Å². The summed E-state index contributed by atoms with van der Waals surface area (Å²) in [5.74, 6) is -0.401. The van der Waals surface area contributed by atoms with E-state index in [0.29, 0.717) is 32.7 Å². The van der Waals surface area contributed by atoms with Crippen LogP contribution < -0.4 is 11.1 Å². The Morgan fingerprint density at radius 3 is 2.48 bits per heavy atom. The zero-order chi connectivity index (χ0) is 15.9. The van der Waals surface area contributed by atoms with Gasteiger partial charge in [0.2, 0.25) is 11.8 Å². The summed E-state index contributed by atoms with van der Waals surface area (Å²) in [6.07, 6.45) is 0.450. The Bertz CT molecular complexity index is 507. The number of benzene rings is 1. The number of ether oxygens (including phenoxy) is 1. The van der Waals surface area contributed by atoms with E-state index in [0.717, 1.165) is 5.56 Å². The molecular formula is C16H24ClN3O3. The van der Waals surface area contributed by atoms with Gasteiger partial charge >= 0.3 is 0 Å². The molecule has 1 aromatic carbocycles. The zero-order valence-electron chi connectivity index (χ0n) is 13.2. The molecule has 7 heteroatoms. The quantitative estimate of drug-likeness (QED) is 0.809. The number of carbonyl (C=O) groups excluding carboxylic acids is 2. The van der Waals surface area contributed by atoms with Crippen molar-refractivity contribution in [3.63, 3.8) is 0 Å². The number of rotatable bonds is 5. The van der Waals surface area contributed by atoms with Crippen molar-refractivity contribution in [3.8, 4) is 0 Å². The summed E-state index contributed by atoms with van der Waals surface area (Å²) in [5, 5.41) is 2.70. The molecule has 0 radical (unpaired) electrons. The lowest BCUT2D eigenvalue weighted by Gasteiger charge is -2.29. The predicted molar refractivity (Wildman–Crippen MR) is 90.4 cm³/mol. The summed E-state index contributed by atoms with van der Waals surface area (Å²) in [5.41, 5.74) is 6.92. The maximum absolute atomic E-state index is 12.2. The minimum atomic E-state index is -0.665. The highest BCUT2D eigenvalue weighted by Crippen LogP contribution is 2.04. The van der Waals surface area contributed by atoms with E-state index in [2.05, 4.69) is 5.32 Å². The van der Waals surface area contributed by atoms with Gasteiger partial charge in [0.25, 0.3) is 0 Å². The highest BCUT2D eigenvalue weighted by atomic mass is 35.5. The van der Waals surface area contributed by atoms with Gasteiger partial charge in [-0.3, -0.25) is 9.59 Å². The average Bonchev–Trinajstić information content (AvgIpc) is 2.55. The minimum absolute atomic E-state index is 0. The van der Waals surface area contributed by atoms with Crippen molar-refractivity contribution >= 4 is 24.2 Å². The van der Waals surface area contributed by atoms with E-state index in [-0.39, 0.29) is 24.2 Å². The lowest BCUT2D eigenvalue weighted by Crippen LogP contribution is -2.53. The molecule has 1 saturated heterocycles. The van der Waals surface area contributed by atoms with Crippen molar-refractivity contribution in [3.05, 3.63) is 35.9 Å². The standard InChI is InChI=1S/C16H23N3O3.ClH/c1-12(16(21)19-7-9-22-10-8-19)18-15(20)14(17)11-13-5-3-2-4-6-13;/h2-6,12,14H,7-11,17H2,1H3,(H,18,20);1H. The molecule has 1 aliphatic rings. The predicted octanol–water partition coefficient (Wildman–Crippen LogP) is 0.342. The molecule has 1 aromatic rings. The highest BCUT2D eigenvalue weighted by molar-refractivity contribution is 5.89. The van der Waals surface area contributed by atoms with Crippen molar-refractivity contribution in [1.82, 2.24) is 10.2 Å². The summed E-state index contributed by atoms with van der Waals surface area (Å²) < 4.78 is 5.21. The number of hydrogen-bond acceptors (Lipinski definition) is 4. The van der Waals surface area contributed by atoms with Gasteiger partial charge in [-0.05, 0) is 18.9 Å². The van der Waals surface area contributed by atoms with E-state index >= 15 is 0 Å². The third-order valence-electron chi connectivity index (χ3n) is 3.69. The van der Waals surface area contributed by atoms with Gasteiger partial charge in [0, 0.05) is 13.1 Å². The Hall–Kier alpha value is -1.63. The molecule has 1 heterocycles. The second-order valence-corrected chi connectivity index (χ2v) is 5.46. The number of amides is 2. The first-order valence-electron chi connectivity index (χ1n) is 7.54. The molecule has 2 rings (SSSR count). The molecule has 2 amide bonds. The molecule has 0 saturated carbocycles. The molecule has 23 heavy (non-hydrogen) atoms. The lowest BCUT2D eigenvalue weighted by atomic mass is 10.1. The third-order valence-corrected chi connectivity index (χ3v) is 3.69. The van der Waals surface area contributed by atoms with Gasteiger partial charge in [0.05, 0.1) is 19.3 Å². The molecule has 0 spiro atoms. The van der Waals surface area contributed by atoms with Crippen molar-refractivity contribution in [2.75, 3.05) is 26.3 Å². The van der Waals surface area contributed by atoms with Crippen LogP contribution in [0.1, 0.15) is 12.5 Å². The Morgan fingerprint density at radius 2 is 1.87 bits per heavy atom. The van der Waals surface area contributed by atoms with Gasteiger partial charge in [0.1, 0.15) is 6.04 Å². The SMILES string of the molecule is CC(NC(=O)C(N)Cc1ccccc1)C(=O)N1CCOCC1.Cl. The van der Waals surface area contributed by atoms with Gasteiger partial charge in [-0.25, -0.2) is 0 Å². The Balaban J connectivity index is 0.00000264. The number of nitrogens with two attached hydrogens (primary N) is 1. The first-order chi connectivity index (χ1) is 10.6. The fourth-order valence-corrected chi connectivity index (χ4v) is 2.40. The van der Waals surface area contributed by atoms with E-state index in [1.807, 2.05) is 30.3 Å². The number of nitrogens with zero attached hydrogens (tertiary/aromatic N) is 1. The maximum Gasteiger partial charge on any atom is 0.245 e. The van der Waals surface area contributed by atoms with Crippen LogP contribution in [0.5, 0.6) is 0 Å². The number of carbonyl (C=O) groups is 2. The second kappa shape index (κ2) is 9.50. The smallest absolute Gasteiger partial charge is 0.245 e. The molecule has 0 aromatic heterocycles. The first-order valence-corrected chi connectivity index (χ1v) is 7.54. The van der Waals surface area contributed by atoms with Crippen LogP contribution in [0.3, 0.4) is 0 Å². The Morgan fingerprint density at radius 1 is 1.26 bits per heavy atom. The van der Waals surface area contributed by atoms with Gasteiger partial charge < -0.3 is 20.7 Å². The minimum Gasteiger partial charge on any atom is -0.378 e. The Labute approximate surface area is 142 Å². The fraction of sp³-hybridized carbons (Fsp3) is 0.500. The zero-order valence-corrected chi connectivity index (χ0v) is 14.1. The van der Waals surface area contributed by atoms with Gasteiger partial charge in [0.15, 0.2) is 0 Å². The van der Waals surface area contributed by atoms with Crippen LogP contribution in [0.25, 0.3) is 0 Å². The average molecular weight is 342 g/mol. The molecule has 128 valence electrons. The lowest BCUT2D eigenvalue weighted by molar-refractivity contribution is -0.139. The van der Waals surface area contributed by atoms with Crippen LogP contribution >= 0.6 is 12.4 Å². The highest BCUT2D eigenvalue weighted by Gasteiger charge is 2.25. The van der Waals surface area contributed by atoms with Gasteiger partial charge in [-0.15, -0.1) is 12.4 Å². The number of nitrogens with one attached hydrogen (secondary N) is 1. The van der Waals surface area contributed by atoms with Gasteiger partial charge in [-0.1, -0.05) is 30.3 Å². The summed E-state index contributed by atoms with van der Waals surface area (Å²) >= 11 is 0. The summed E-state index contributed by atoms with van der Waals surface area (Å²) in [6.45, 7) is 3.90. The fourth-order valence-electron chi connectivity index (χ4n) is 2.40. The number of morpholine rings is 1. The Kier molecular flexibility index (Phi) is 8.02. The van der Waals surface area contributed by atoms with Crippen LogP contribution in [0.15, 0.2) is 30.3 Å². The first kappa shape index (κ1) is 19.4. The van der Waals surface area contributed by atoms with E-state index in [9.17, 15) is 9.59 Å². The summed E-state index contributed by atoms with van der Waals surface area (Å²) in [7, 11) is 0. The van der Waals surface area contributed by atoms with Crippen molar-refractivity contribution in [1.29, 1.82) is 0 Å². The van der Waals surface area contributed by atoms with E-state index in [1.54, 1.807) is 11.8 Å². The summed E-state index contributed by atoms with van der Waals surface area (Å²) in [4.78, 5) is 26.0. The van der Waals surface area contributed by atoms with Crippen LogP contribution in [-0.2, 0) is 20.7 Å². The molecule has 2 unspecified atom stereocenters. The number of hydrogen-bond donors (Lipinski definition) is 2. The van der Waals surface area contributed by atoms with Crippen molar-refractivity contribution in [2.24, 2.45) is 5.73 Å². The number of halogens is 1. The van der Waals surface area contributed by atoms with Crippen LogP contribution in [0.2, 0.25) is 0 Å². The molecule has 2 atom stereocenters. The molecule has 3 N–H and O–H groups in total. The van der Waals surface area contributed by atoms with Crippen LogP contribution in [0, 0.1) is 0 Å². The normalized spacial score (nSPS) is 16.9. The topological polar surface area (TPSA) is 84.7 Å². The van der Waals surface area contributed by atoms with E-state index in [1.165, 1.54) is 0 Å². The second-order valence-electron chi connectivity index (χ2n) is 5.46. The molecule has 1 aliphatic heterocycles. The monoisotopic (exact) mass is 341 g/mol. The largest absolute Gasteiger partial charge is 0.378 e. The summed E-state index contributed by atoms with van der Waals surface area (Å²) in [6, 6.07) is 8.34. The van der Waals surface area contributed by atoms with Crippen LogP contribution in [-0.4, -0.2) is 55.1 Å². The van der Waals surface area contributed by atoms with Crippen molar-refractivity contribution in [2.45, 2.75) is 25.4 Å².